The Morgan fingerprint density at radius 1 is 1.08 bits per heavy atom. The third-order valence-electron chi connectivity index (χ3n) is 5.61. The molecule has 0 saturated heterocycles. The van der Waals surface area contributed by atoms with Crippen molar-refractivity contribution in [3.05, 3.63) is 95.8 Å². The van der Waals surface area contributed by atoms with E-state index >= 15 is 0 Å². The van der Waals surface area contributed by atoms with Gasteiger partial charge < -0.3 is 10.1 Å². The number of halogens is 1. The molecule has 0 radical (unpaired) electrons. The van der Waals surface area contributed by atoms with Gasteiger partial charge in [-0.05, 0) is 35.4 Å². The molecule has 1 amide bonds. The fraction of sp³-hybridized carbons (Fsp3) is 0.154. The van der Waals surface area contributed by atoms with E-state index in [1.54, 1.807) is 30.3 Å². The maximum Gasteiger partial charge on any atom is 0.253 e. The minimum Gasteiger partial charge on any atom is -0.497 e. The molecular formula is C26H22FN5O2S2. The van der Waals surface area contributed by atoms with E-state index in [0.29, 0.717) is 21.6 Å². The van der Waals surface area contributed by atoms with Crippen molar-refractivity contribution in [1.82, 2.24) is 15.2 Å². The van der Waals surface area contributed by atoms with Crippen LogP contribution in [-0.2, 0) is 4.79 Å². The lowest BCUT2D eigenvalue weighted by Gasteiger charge is -2.22. The van der Waals surface area contributed by atoms with E-state index in [2.05, 4.69) is 15.5 Å². The summed E-state index contributed by atoms with van der Waals surface area (Å²) in [6.45, 7) is 0. The summed E-state index contributed by atoms with van der Waals surface area (Å²) >= 11 is 2.54. The molecule has 3 aromatic carbocycles. The summed E-state index contributed by atoms with van der Waals surface area (Å²) in [7, 11) is 1.62. The number of anilines is 2. The highest BCUT2D eigenvalue weighted by Gasteiger charge is 2.33. The molecule has 0 spiro atoms. The summed E-state index contributed by atoms with van der Waals surface area (Å²) in [5.74, 6) is 0.394. The van der Waals surface area contributed by atoms with Crippen molar-refractivity contribution < 1.29 is 13.9 Å². The number of nitrogens with zero attached hydrogens (tertiary/aromatic N) is 4. The summed E-state index contributed by atoms with van der Waals surface area (Å²) in [6, 6.07) is 23.7. The Bertz CT molecular complexity index is 1380. The quantitative estimate of drug-likeness (QED) is 0.292. The van der Waals surface area contributed by atoms with Gasteiger partial charge in [0, 0.05) is 6.42 Å². The highest BCUT2D eigenvalue weighted by atomic mass is 32.2. The third-order valence-corrected chi connectivity index (χ3v) is 7.57. The van der Waals surface area contributed by atoms with E-state index < -0.39 is 0 Å². The third kappa shape index (κ3) is 5.39. The molecule has 0 fully saturated rings. The number of methoxy groups -OCH3 is 1. The normalized spacial score (nSPS) is 15.0. The fourth-order valence-corrected chi connectivity index (χ4v) is 5.43. The van der Waals surface area contributed by atoms with Crippen LogP contribution < -0.4 is 10.1 Å². The van der Waals surface area contributed by atoms with Crippen molar-refractivity contribution >= 4 is 45.5 Å². The van der Waals surface area contributed by atoms with E-state index in [4.69, 9.17) is 9.84 Å². The van der Waals surface area contributed by atoms with E-state index in [9.17, 15) is 9.18 Å². The van der Waals surface area contributed by atoms with Crippen LogP contribution in [0.15, 0.2) is 88.3 Å². The number of hydrazone groups is 1. The summed E-state index contributed by atoms with van der Waals surface area (Å²) in [6.07, 6.45) is 0.613. The number of amides is 1. The minimum atomic E-state index is -0.372. The first-order chi connectivity index (χ1) is 17.6. The van der Waals surface area contributed by atoms with Crippen LogP contribution >= 0.6 is 23.1 Å². The van der Waals surface area contributed by atoms with Gasteiger partial charge in [-0.2, -0.15) is 5.10 Å². The van der Waals surface area contributed by atoms with E-state index in [0.717, 1.165) is 22.6 Å². The zero-order valence-corrected chi connectivity index (χ0v) is 20.9. The van der Waals surface area contributed by atoms with Crippen LogP contribution in [0.2, 0.25) is 0 Å². The Morgan fingerprint density at radius 2 is 1.83 bits per heavy atom. The fourth-order valence-electron chi connectivity index (χ4n) is 3.82. The van der Waals surface area contributed by atoms with Crippen molar-refractivity contribution in [2.75, 3.05) is 18.2 Å². The molecule has 1 aliphatic rings. The van der Waals surface area contributed by atoms with Crippen LogP contribution in [0.4, 0.5) is 15.2 Å². The molecule has 10 heteroatoms. The van der Waals surface area contributed by atoms with Crippen LogP contribution in [0.1, 0.15) is 23.6 Å². The largest absolute Gasteiger partial charge is 0.497 e. The standard InChI is InChI=1S/C26H22FN5O2S2/c1-34-19-13-11-18(12-14-19)23-15-22(17-7-3-2-4-8-17)31-32(23)24(33)16-35-26-30-29-25(36-26)28-21-10-6-5-9-20(21)27/h2-14,23H,15-16H2,1H3,(H,28,29)/t23-/m0/s1. The van der Waals surface area contributed by atoms with E-state index in [-0.39, 0.29) is 23.5 Å². The molecular weight excluding hydrogens is 497 g/mol. The molecule has 36 heavy (non-hydrogen) atoms. The van der Waals surface area contributed by atoms with Crippen LogP contribution in [-0.4, -0.2) is 39.7 Å². The Hall–Kier alpha value is -3.76. The maximum atomic E-state index is 13.9. The van der Waals surface area contributed by atoms with Gasteiger partial charge in [0.25, 0.3) is 5.91 Å². The van der Waals surface area contributed by atoms with Gasteiger partial charge in [-0.1, -0.05) is 77.7 Å². The average molecular weight is 520 g/mol. The molecule has 1 aliphatic heterocycles. The van der Waals surface area contributed by atoms with Crippen molar-refractivity contribution in [2.24, 2.45) is 5.10 Å². The first-order valence-electron chi connectivity index (χ1n) is 11.2. The summed E-state index contributed by atoms with van der Waals surface area (Å²) in [4.78, 5) is 13.3. The number of hydrogen-bond acceptors (Lipinski definition) is 8. The molecule has 0 aliphatic carbocycles. The molecule has 7 nitrogen and oxygen atoms in total. The number of nitrogens with one attached hydrogen (secondary N) is 1. The minimum absolute atomic E-state index is 0.134. The molecule has 4 aromatic rings. The van der Waals surface area contributed by atoms with Gasteiger partial charge in [0.15, 0.2) is 4.34 Å². The molecule has 5 rings (SSSR count). The first-order valence-corrected chi connectivity index (χ1v) is 13.0. The van der Waals surface area contributed by atoms with E-state index in [1.165, 1.54) is 29.2 Å². The topological polar surface area (TPSA) is 79.7 Å². The number of carbonyl (C=O) groups excluding carboxylic acids is 1. The maximum absolute atomic E-state index is 13.9. The number of benzene rings is 3. The van der Waals surface area contributed by atoms with Gasteiger partial charge in [0.1, 0.15) is 11.6 Å². The Kier molecular flexibility index (Phi) is 7.24. The van der Waals surface area contributed by atoms with Crippen LogP contribution in [0.5, 0.6) is 5.75 Å². The summed E-state index contributed by atoms with van der Waals surface area (Å²) in [5, 5.41) is 17.8. The molecule has 0 bridgehead atoms. The van der Waals surface area contributed by atoms with Gasteiger partial charge in [-0.15, -0.1) is 10.2 Å². The number of para-hydroxylation sites is 1. The molecule has 182 valence electrons. The lowest BCUT2D eigenvalue weighted by atomic mass is 9.98. The Morgan fingerprint density at radius 3 is 2.58 bits per heavy atom. The van der Waals surface area contributed by atoms with Crippen molar-refractivity contribution in [3.8, 4) is 5.75 Å². The van der Waals surface area contributed by atoms with Crippen molar-refractivity contribution in [3.63, 3.8) is 0 Å². The van der Waals surface area contributed by atoms with Crippen LogP contribution in [0.25, 0.3) is 0 Å². The Labute approximate surface area is 216 Å². The zero-order chi connectivity index (χ0) is 24.9. The number of aromatic nitrogens is 2. The van der Waals surface area contributed by atoms with Gasteiger partial charge in [-0.25, -0.2) is 9.40 Å². The van der Waals surface area contributed by atoms with Crippen molar-refractivity contribution in [1.29, 1.82) is 0 Å². The zero-order valence-electron chi connectivity index (χ0n) is 19.3. The highest BCUT2D eigenvalue weighted by Crippen LogP contribution is 2.35. The molecule has 0 saturated carbocycles. The number of ether oxygens (including phenoxy) is 1. The number of carbonyl (C=O) groups is 1. The smallest absolute Gasteiger partial charge is 0.253 e. The molecule has 2 heterocycles. The number of hydrogen-bond donors (Lipinski definition) is 1. The lowest BCUT2D eigenvalue weighted by molar-refractivity contribution is -0.130. The predicted octanol–water partition coefficient (Wildman–Crippen LogP) is 5.90. The first kappa shape index (κ1) is 24.0. The molecule has 1 atom stereocenters. The van der Waals surface area contributed by atoms with Gasteiger partial charge >= 0.3 is 0 Å². The predicted molar refractivity (Wildman–Crippen MR) is 140 cm³/mol. The van der Waals surface area contributed by atoms with Gasteiger partial charge in [-0.3, -0.25) is 4.79 Å². The van der Waals surface area contributed by atoms with E-state index in [1.807, 2.05) is 54.6 Å². The molecule has 0 unspecified atom stereocenters. The second-order valence-corrected chi connectivity index (χ2v) is 10.1. The Balaban J connectivity index is 1.30. The SMILES string of the molecule is COc1ccc([C@@H]2CC(c3ccccc3)=NN2C(=O)CSc2nnc(Nc3ccccc3F)s2)cc1. The molecule has 1 N–H and O–H groups in total. The average Bonchev–Trinajstić information content (AvgIpc) is 3.57. The second kappa shape index (κ2) is 10.9. The summed E-state index contributed by atoms with van der Waals surface area (Å²) < 4.78 is 19.8. The highest BCUT2D eigenvalue weighted by molar-refractivity contribution is 8.01. The number of thioether (sulfide) groups is 1. The van der Waals surface area contributed by atoms with Crippen LogP contribution in [0.3, 0.4) is 0 Å². The van der Waals surface area contributed by atoms with Crippen LogP contribution in [0, 0.1) is 5.82 Å². The second-order valence-electron chi connectivity index (χ2n) is 7.91. The van der Waals surface area contributed by atoms with Crippen molar-refractivity contribution in [2.45, 2.75) is 16.8 Å². The lowest BCUT2D eigenvalue weighted by Crippen LogP contribution is -2.28. The summed E-state index contributed by atoms with van der Waals surface area (Å²) in [5.41, 5.74) is 3.16. The van der Waals surface area contributed by atoms with Gasteiger partial charge in [0.2, 0.25) is 5.13 Å². The van der Waals surface area contributed by atoms with Gasteiger partial charge in [0.05, 0.1) is 30.3 Å². The monoisotopic (exact) mass is 519 g/mol. The molecule has 1 aromatic heterocycles. The number of rotatable bonds is 8.